The average Bonchev–Trinajstić information content (AvgIpc) is 2.38. The van der Waals surface area contributed by atoms with E-state index in [9.17, 15) is 4.79 Å². The Labute approximate surface area is 105 Å². The van der Waals surface area contributed by atoms with Crippen LogP contribution in [0.2, 0.25) is 0 Å². The molecule has 0 aliphatic carbocycles. The third kappa shape index (κ3) is 3.42. The number of benzene rings is 1. The topological polar surface area (TPSA) is 17.1 Å². The summed E-state index contributed by atoms with van der Waals surface area (Å²) in [7, 11) is 0. The van der Waals surface area contributed by atoms with Gasteiger partial charge in [0, 0.05) is 5.56 Å². The zero-order chi connectivity index (χ0) is 12.7. The van der Waals surface area contributed by atoms with Crippen LogP contribution < -0.4 is 0 Å². The van der Waals surface area contributed by atoms with Crippen LogP contribution in [0.15, 0.2) is 12.1 Å². The molecule has 1 aromatic carbocycles. The average molecular weight is 232 g/mol. The summed E-state index contributed by atoms with van der Waals surface area (Å²) in [5.74, 6) is 0. The number of hydrogen-bond acceptors (Lipinski definition) is 1. The molecule has 0 saturated carbocycles. The van der Waals surface area contributed by atoms with Crippen molar-refractivity contribution < 1.29 is 4.79 Å². The Bertz CT molecular complexity index is 366. The van der Waals surface area contributed by atoms with Gasteiger partial charge in [-0.05, 0) is 42.4 Å². The van der Waals surface area contributed by atoms with Crippen LogP contribution in [0, 0.1) is 0 Å². The number of aryl methyl sites for hydroxylation is 1. The number of hydrogen-bond donors (Lipinski definition) is 0. The van der Waals surface area contributed by atoms with E-state index < -0.39 is 0 Å². The van der Waals surface area contributed by atoms with E-state index in [1.165, 1.54) is 36.0 Å². The third-order valence-corrected chi connectivity index (χ3v) is 3.45. The van der Waals surface area contributed by atoms with E-state index in [2.05, 4.69) is 26.8 Å². The molecule has 17 heavy (non-hydrogen) atoms. The Morgan fingerprint density at radius 2 is 1.71 bits per heavy atom. The molecule has 0 amide bonds. The Hall–Kier alpha value is -1.11. The smallest absolute Gasteiger partial charge is 0.150 e. The largest absolute Gasteiger partial charge is 0.298 e. The van der Waals surface area contributed by atoms with Gasteiger partial charge >= 0.3 is 0 Å². The summed E-state index contributed by atoms with van der Waals surface area (Å²) in [5, 5.41) is 0. The highest BCUT2D eigenvalue weighted by Gasteiger charge is 2.09. The number of aldehydes is 1. The monoisotopic (exact) mass is 232 g/mol. The van der Waals surface area contributed by atoms with Gasteiger partial charge in [-0.1, -0.05) is 45.7 Å². The number of unbranched alkanes of at least 4 members (excludes halogenated alkanes) is 2. The van der Waals surface area contributed by atoms with Gasteiger partial charge in [-0.15, -0.1) is 0 Å². The van der Waals surface area contributed by atoms with Crippen molar-refractivity contribution in [3.8, 4) is 0 Å². The third-order valence-electron chi connectivity index (χ3n) is 3.45. The normalized spacial score (nSPS) is 10.5. The maximum Gasteiger partial charge on any atom is 0.150 e. The lowest BCUT2D eigenvalue weighted by molar-refractivity contribution is 0.112. The minimum atomic E-state index is 0.878. The molecular formula is C16H24O. The predicted molar refractivity (Wildman–Crippen MR) is 73.8 cm³/mol. The second-order valence-corrected chi connectivity index (χ2v) is 4.55. The van der Waals surface area contributed by atoms with Crippen LogP contribution >= 0.6 is 0 Å². The molecule has 1 rings (SSSR count). The Kier molecular flexibility index (Phi) is 5.96. The van der Waals surface area contributed by atoms with E-state index >= 15 is 0 Å². The van der Waals surface area contributed by atoms with Gasteiger partial charge in [-0.25, -0.2) is 0 Å². The van der Waals surface area contributed by atoms with Crippen LogP contribution in [0.5, 0.6) is 0 Å². The summed E-state index contributed by atoms with van der Waals surface area (Å²) >= 11 is 0. The SMILES string of the molecule is CCCCCc1ccc(C=O)c(CC)c1CC. The highest BCUT2D eigenvalue weighted by molar-refractivity contribution is 5.78. The summed E-state index contributed by atoms with van der Waals surface area (Å²) in [6, 6.07) is 4.14. The van der Waals surface area contributed by atoms with Crippen LogP contribution in [0.3, 0.4) is 0 Å². The van der Waals surface area contributed by atoms with Crippen molar-refractivity contribution in [3.63, 3.8) is 0 Å². The van der Waals surface area contributed by atoms with Crippen molar-refractivity contribution in [1.82, 2.24) is 0 Å². The second-order valence-electron chi connectivity index (χ2n) is 4.55. The van der Waals surface area contributed by atoms with Crippen molar-refractivity contribution in [2.75, 3.05) is 0 Å². The van der Waals surface area contributed by atoms with Crippen LogP contribution in [0.4, 0.5) is 0 Å². The fourth-order valence-electron chi connectivity index (χ4n) is 2.53. The van der Waals surface area contributed by atoms with Crippen LogP contribution in [0.25, 0.3) is 0 Å². The fourth-order valence-corrected chi connectivity index (χ4v) is 2.53. The summed E-state index contributed by atoms with van der Waals surface area (Å²) in [4.78, 5) is 11.0. The number of rotatable bonds is 7. The van der Waals surface area contributed by atoms with Crippen LogP contribution in [0.1, 0.15) is 67.1 Å². The first-order chi connectivity index (χ1) is 8.28. The van der Waals surface area contributed by atoms with Crippen molar-refractivity contribution in [1.29, 1.82) is 0 Å². The molecule has 0 aliphatic rings. The lowest BCUT2D eigenvalue weighted by atomic mass is 9.90. The van der Waals surface area contributed by atoms with Crippen LogP contribution in [-0.4, -0.2) is 6.29 Å². The molecule has 0 aliphatic heterocycles. The van der Waals surface area contributed by atoms with Gasteiger partial charge in [-0.3, -0.25) is 4.79 Å². The Morgan fingerprint density at radius 1 is 1.00 bits per heavy atom. The van der Waals surface area contributed by atoms with Crippen molar-refractivity contribution in [2.45, 2.75) is 59.3 Å². The lowest BCUT2D eigenvalue weighted by Gasteiger charge is -2.14. The second kappa shape index (κ2) is 7.26. The van der Waals surface area contributed by atoms with E-state index in [4.69, 9.17) is 0 Å². The van der Waals surface area contributed by atoms with Gasteiger partial charge in [-0.2, -0.15) is 0 Å². The molecule has 0 heterocycles. The molecular weight excluding hydrogens is 208 g/mol. The summed E-state index contributed by atoms with van der Waals surface area (Å²) in [6.45, 7) is 6.55. The zero-order valence-corrected chi connectivity index (χ0v) is 11.4. The van der Waals surface area contributed by atoms with Crippen molar-refractivity contribution in [2.24, 2.45) is 0 Å². The minimum Gasteiger partial charge on any atom is -0.298 e. The molecule has 1 nitrogen and oxygen atoms in total. The van der Waals surface area contributed by atoms with E-state index in [1.807, 2.05) is 6.07 Å². The minimum absolute atomic E-state index is 0.878. The molecule has 0 aromatic heterocycles. The molecule has 0 unspecified atom stereocenters. The maximum atomic E-state index is 11.0. The number of carbonyl (C=O) groups is 1. The molecule has 0 saturated heterocycles. The van der Waals surface area contributed by atoms with Gasteiger partial charge in [0.05, 0.1) is 0 Å². The molecule has 0 fully saturated rings. The van der Waals surface area contributed by atoms with E-state index in [0.717, 1.165) is 31.1 Å². The van der Waals surface area contributed by atoms with Gasteiger partial charge in [0.1, 0.15) is 6.29 Å². The standard InChI is InChI=1S/C16H24O/c1-4-7-8-9-13-10-11-14(12-17)16(6-3)15(13)5-2/h10-12H,4-9H2,1-3H3. The lowest BCUT2D eigenvalue weighted by Crippen LogP contribution is -2.03. The first-order valence-corrected chi connectivity index (χ1v) is 6.87. The first-order valence-electron chi connectivity index (χ1n) is 6.87. The van der Waals surface area contributed by atoms with E-state index in [1.54, 1.807) is 0 Å². The Morgan fingerprint density at radius 3 is 2.24 bits per heavy atom. The molecule has 0 bridgehead atoms. The molecule has 0 atom stereocenters. The van der Waals surface area contributed by atoms with Crippen LogP contribution in [-0.2, 0) is 19.3 Å². The zero-order valence-electron chi connectivity index (χ0n) is 11.4. The summed E-state index contributed by atoms with van der Waals surface area (Å²) in [6.07, 6.45) is 7.95. The maximum absolute atomic E-state index is 11.0. The summed E-state index contributed by atoms with van der Waals surface area (Å²) < 4.78 is 0. The molecule has 1 heteroatoms. The molecule has 0 radical (unpaired) electrons. The summed E-state index contributed by atoms with van der Waals surface area (Å²) in [5.41, 5.74) is 5.00. The molecule has 0 spiro atoms. The van der Waals surface area contributed by atoms with E-state index in [0.29, 0.717) is 0 Å². The molecule has 0 N–H and O–H groups in total. The molecule has 1 aromatic rings. The van der Waals surface area contributed by atoms with E-state index in [-0.39, 0.29) is 0 Å². The van der Waals surface area contributed by atoms with Gasteiger partial charge < -0.3 is 0 Å². The van der Waals surface area contributed by atoms with Gasteiger partial charge in [0.2, 0.25) is 0 Å². The Balaban J connectivity index is 3.01. The predicted octanol–water partition coefficient (Wildman–Crippen LogP) is 4.36. The van der Waals surface area contributed by atoms with Crippen molar-refractivity contribution in [3.05, 3.63) is 34.4 Å². The first kappa shape index (κ1) is 14.0. The highest BCUT2D eigenvalue weighted by Crippen LogP contribution is 2.22. The van der Waals surface area contributed by atoms with Gasteiger partial charge in [0.25, 0.3) is 0 Å². The van der Waals surface area contributed by atoms with Crippen molar-refractivity contribution >= 4 is 6.29 Å². The van der Waals surface area contributed by atoms with Gasteiger partial charge in [0.15, 0.2) is 0 Å². The molecule has 94 valence electrons. The quantitative estimate of drug-likeness (QED) is 0.504. The number of carbonyl (C=O) groups excluding carboxylic acids is 1. The highest BCUT2D eigenvalue weighted by atomic mass is 16.1. The fraction of sp³-hybridized carbons (Fsp3) is 0.562.